The van der Waals surface area contributed by atoms with E-state index in [-0.39, 0.29) is 0 Å². The molecule has 2 rings (SSSR count). The van der Waals surface area contributed by atoms with Crippen molar-refractivity contribution in [1.29, 1.82) is 0 Å². The Morgan fingerprint density at radius 1 is 1.18 bits per heavy atom. The topological polar surface area (TPSA) is 35.0 Å². The smallest absolute Gasteiger partial charge is 0.134 e. The van der Waals surface area contributed by atoms with Crippen LogP contribution >= 0.6 is 11.6 Å². The lowest BCUT2D eigenvalue weighted by atomic mass is 10.1. The molecule has 0 aliphatic heterocycles. The maximum atomic E-state index is 5.95. The van der Waals surface area contributed by atoms with Crippen molar-refractivity contribution in [2.24, 2.45) is 0 Å². The lowest BCUT2D eigenvalue weighted by Gasteiger charge is -2.04. The van der Waals surface area contributed by atoms with E-state index in [9.17, 15) is 0 Å². The van der Waals surface area contributed by atoms with Crippen molar-refractivity contribution < 1.29 is 4.74 Å². The van der Waals surface area contributed by atoms with Crippen molar-refractivity contribution in [3.63, 3.8) is 0 Å². The molecule has 0 radical (unpaired) electrons. The van der Waals surface area contributed by atoms with Crippen molar-refractivity contribution in [3.8, 4) is 0 Å². The lowest BCUT2D eigenvalue weighted by molar-refractivity contribution is 0.181. The zero-order chi connectivity index (χ0) is 12.1. The molecular weight excluding hydrogens is 236 g/mol. The molecule has 0 saturated carbocycles. The van der Waals surface area contributed by atoms with Crippen molar-refractivity contribution in [2.45, 2.75) is 13.0 Å². The molecule has 0 aliphatic carbocycles. The van der Waals surface area contributed by atoms with Gasteiger partial charge in [0.15, 0.2) is 0 Å². The normalized spacial score (nSPS) is 10.5. The first-order valence-electron chi connectivity index (χ1n) is 5.33. The number of methoxy groups -OCH3 is 1. The van der Waals surface area contributed by atoms with E-state index in [0.717, 1.165) is 17.1 Å². The number of rotatable bonds is 4. The summed E-state index contributed by atoms with van der Waals surface area (Å²) in [7, 11) is 1.63. The number of ether oxygens (including phenoxy) is 1. The molecular formula is C13H13ClN2O. The Balaban J connectivity index is 2.21. The summed E-state index contributed by atoms with van der Waals surface area (Å²) in [5, 5.41) is 0.456. The lowest BCUT2D eigenvalue weighted by Crippen LogP contribution is -2.01. The average Bonchev–Trinajstić information content (AvgIpc) is 2.30. The monoisotopic (exact) mass is 248 g/mol. The van der Waals surface area contributed by atoms with Crippen LogP contribution in [-0.2, 0) is 17.8 Å². The van der Waals surface area contributed by atoms with E-state index in [2.05, 4.69) is 9.97 Å². The zero-order valence-electron chi connectivity index (χ0n) is 9.56. The SMILES string of the molecule is COCc1cc(Cl)nc(Cc2ccccc2)n1. The third kappa shape index (κ3) is 3.51. The molecule has 0 aliphatic rings. The number of hydrogen-bond donors (Lipinski definition) is 0. The predicted molar refractivity (Wildman–Crippen MR) is 67.0 cm³/mol. The van der Waals surface area contributed by atoms with Crippen molar-refractivity contribution in [2.75, 3.05) is 7.11 Å². The second-order valence-corrected chi connectivity index (χ2v) is 4.08. The molecule has 0 unspecified atom stereocenters. The number of nitrogens with zero attached hydrogens (tertiary/aromatic N) is 2. The Morgan fingerprint density at radius 3 is 2.65 bits per heavy atom. The van der Waals surface area contributed by atoms with Crippen LogP contribution in [0.4, 0.5) is 0 Å². The molecule has 0 N–H and O–H groups in total. The number of benzene rings is 1. The van der Waals surface area contributed by atoms with E-state index < -0.39 is 0 Å². The minimum absolute atomic E-state index is 0.448. The molecule has 2 aromatic rings. The van der Waals surface area contributed by atoms with Crippen molar-refractivity contribution in [3.05, 3.63) is 58.6 Å². The second-order valence-electron chi connectivity index (χ2n) is 3.69. The molecule has 1 aromatic carbocycles. The summed E-state index contributed by atoms with van der Waals surface area (Å²) >= 11 is 5.95. The first-order chi connectivity index (χ1) is 8.28. The Morgan fingerprint density at radius 2 is 1.94 bits per heavy atom. The molecule has 0 fully saturated rings. The summed E-state index contributed by atoms with van der Waals surface area (Å²) in [6.45, 7) is 0.448. The predicted octanol–water partition coefficient (Wildman–Crippen LogP) is 2.87. The van der Waals surface area contributed by atoms with Gasteiger partial charge in [-0.3, -0.25) is 0 Å². The molecule has 4 heteroatoms. The van der Waals surface area contributed by atoms with Crippen molar-refractivity contribution >= 4 is 11.6 Å². The van der Waals surface area contributed by atoms with Crippen LogP contribution in [-0.4, -0.2) is 17.1 Å². The Kier molecular flexibility index (Phi) is 4.07. The summed E-state index contributed by atoms with van der Waals surface area (Å²) in [5.74, 6) is 0.718. The quantitative estimate of drug-likeness (QED) is 0.781. The molecule has 1 aromatic heterocycles. The summed E-state index contributed by atoms with van der Waals surface area (Å²) < 4.78 is 5.04. The molecule has 0 bridgehead atoms. The van der Waals surface area contributed by atoms with Gasteiger partial charge in [0.05, 0.1) is 12.3 Å². The second kappa shape index (κ2) is 5.75. The highest BCUT2D eigenvalue weighted by atomic mass is 35.5. The molecule has 0 saturated heterocycles. The van der Waals surface area contributed by atoms with E-state index in [1.54, 1.807) is 13.2 Å². The first kappa shape index (κ1) is 12.0. The molecule has 0 atom stereocenters. The van der Waals surface area contributed by atoms with Gasteiger partial charge < -0.3 is 4.74 Å². The maximum absolute atomic E-state index is 5.95. The Bertz CT molecular complexity index is 488. The third-order valence-electron chi connectivity index (χ3n) is 2.29. The van der Waals surface area contributed by atoms with Crippen LogP contribution in [0.2, 0.25) is 5.15 Å². The van der Waals surface area contributed by atoms with Gasteiger partial charge in [0.2, 0.25) is 0 Å². The van der Waals surface area contributed by atoms with Crippen molar-refractivity contribution in [1.82, 2.24) is 9.97 Å². The van der Waals surface area contributed by atoms with Gasteiger partial charge in [0, 0.05) is 13.5 Å². The molecule has 0 spiro atoms. The summed E-state index contributed by atoms with van der Waals surface area (Å²) in [5.41, 5.74) is 1.97. The highest BCUT2D eigenvalue weighted by Gasteiger charge is 2.04. The van der Waals surface area contributed by atoms with Crippen LogP contribution < -0.4 is 0 Å². The first-order valence-corrected chi connectivity index (χ1v) is 5.71. The number of hydrogen-bond acceptors (Lipinski definition) is 3. The van der Waals surface area contributed by atoms with E-state index in [0.29, 0.717) is 18.2 Å². The third-order valence-corrected chi connectivity index (χ3v) is 2.49. The van der Waals surface area contributed by atoms with Crippen LogP contribution in [0.1, 0.15) is 17.1 Å². The van der Waals surface area contributed by atoms with Gasteiger partial charge in [-0.2, -0.15) is 0 Å². The van der Waals surface area contributed by atoms with Gasteiger partial charge in [0.1, 0.15) is 11.0 Å². The summed E-state index contributed by atoms with van der Waals surface area (Å²) in [6, 6.07) is 11.8. The largest absolute Gasteiger partial charge is 0.378 e. The fraction of sp³-hybridized carbons (Fsp3) is 0.231. The van der Waals surface area contributed by atoms with Gasteiger partial charge in [-0.15, -0.1) is 0 Å². The van der Waals surface area contributed by atoms with Gasteiger partial charge in [-0.05, 0) is 11.6 Å². The van der Waals surface area contributed by atoms with Crippen LogP contribution in [0.3, 0.4) is 0 Å². The molecule has 3 nitrogen and oxygen atoms in total. The van der Waals surface area contributed by atoms with E-state index in [1.165, 1.54) is 0 Å². The summed E-state index contributed by atoms with van der Waals surface area (Å²) in [4.78, 5) is 8.61. The fourth-order valence-corrected chi connectivity index (χ4v) is 1.82. The van der Waals surface area contributed by atoms with E-state index >= 15 is 0 Å². The number of aromatic nitrogens is 2. The van der Waals surface area contributed by atoms with Crippen LogP contribution in [0.25, 0.3) is 0 Å². The Hall–Kier alpha value is -1.45. The van der Waals surface area contributed by atoms with Crippen LogP contribution in [0, 0.1) is 0 Å². The highest BCUT2D eigenvalue weighted by molar-refractivity contribution is 6.29. The van der Waals surface area contributed by atoms with E-state index in [4.69, 9.17) is 16.3 Å². The molecule has 0 amide bonds. The molecule has 17 heavy (non-hydrogen) atoms. The van der Waals surface area contributed by atoms with Gasteiger partial charge in [-0.1, -0.05) is 41.9 Å². The van der Waals surface area contributed by atoms with Gasteiger partial charge in [0.25, 0.3) is 0 Å². The standard InChI is InChI=1S/C13H13ClN2O/c1-17-9-11-8-12(14)16-13(15-11)7-10-5-3-2-4-6-10/h2-6,8H,7,9H2,1H3. The molecule has 88 valence electrons. The Labute approximate surface area is 105 Å². The van der Waals surface area contributed by atoms with E-state index in [1.807, 2.05) is 30.3 Å². The number of halogens is 1. The maximum Gasteiger partial charge on any atom is 0.134 e. The average molecular weight is 249 g/mol. The van der Waals surface area contributed by atoms with Crippen LogP contribution in [0.15, 0.2) is 36.4 Å². The van der Waals surface area contributed by atoms with Gasteiger partial charge >= 0.3 is 0 Å². The highest BCUT2D eigenvalue weighted by Crippen LogP contribution is 2.11. The fourth-order valence-electron chi connectivity index (χ4n) is 1.60. The zero-order valence-corrected chi connectivity index (χ0v) is 10.3. The van der Waals surface area contributed by atoms with Crippen LogP contribution in [0.5, 0.6) is 0 Å². The minimum Gasteiger partial charge on any atom is -0.378 e. The summed E-state index contributed by atoms with van der Waals surface area (Å²) in [6.07, 6.45) is 0.679. The molecule has 1 heterocycles. The minimum atomic E-state index is 0.448. The van der Waals surface area contributed by atoms with Gasteiger partial charge in [-0.25, -0.2) is 9.97 Å².